The molecule has 1 atom stereocenters. The lowest BCUT2D eigenvalue weighted by molar-refractivity contribution is 0.0727. The first-order valence-corrected chi connectivity index (χ1v) is 7.79. The zero-order valence-corrected chi connectivity index (χ0v) is 13.8. The Hall–Kier alpha value is -2.28. The zero-order valence-electron chi connectivity index (χ0n) is 13.8. The smallest absolute Gasteiger partial charge is 0.274 e. The van der Waals surface area contributed by atoms with E-state index in [4.69, 9.17) is 4.98 Å². The third kappa shape index (κ3) is 3.39. The molecule has 7 nitrogen and oxygen atoms in total. The predicted molar refractivity (Wildman–Crippen MR) is 85.6 cm³/mol. The summed E-state index contributed by atoms with van der Waals surface area (Å²) < 4.78 is 1.79. The summed E-state index contributed by atoms with van der Waals surface area (Å²) in [6.07, 6.45) is 8.85. The van der Waals surface area contributed by atoms with E-state index < -0.39 is 0 Å². The molecule has 1 saturated heterocycles. The Labute approximate surface area is 136 Å². The number of rotatable bonds is 4. The molecule has 0 radical (unpaired) electrons. The number of hydrogen-bond acceptors (Lipinski definition) is 5. The quantitative estimate of drug-likeness (QED) is 0.849. The van der Waals surface area contributed by atoms with Crippen molar-refractivity contribution >= 4 is 5.91 Å². The molecule has 1 amide bonds. The van der Waals surface area contributed by atoms with Crippen molar-refractivity contribution in [1.82, 2.24) is 29.3 Å². The van der Waals surface area contributed by atoms with Crippen LogP contribution in [-0.4, -0.2) is 55.9 Å². The van der Waals surface area contributed by atoms with E-state index in [1.54, 1.807) is 29.5 Å². The van der Waals surface area contributed by atoms with Gasteiger partial charge in [-0.15, -0.1) is 0 Å². The molecule has 1 aliphatic heterocycles. The molecular formula is C16H22N6O. The summed E-state index contributed by atoms with van der Waals surface area (Å²) in [5.41, 5.74) is 2.27. The molecule has 3 heterocycles. The molecule has 1 aliphatic rings. The van der Waals surface area contributed by atoms with Crippen LogP contribution in [0.3, 0.4) is 0 Å². The van der Waals surface area contributed by atoms with Crippen LogP contribution in [0, 0.1) is 0 Å². The second-order valence-electron chi connectivity index (χ2n) is 6.25. The predicted octanol–water partition coefficient (Wildman–Crippen LogP) is 1.25. The largest absolute Gasteiger partial charge is 0.340 e. The second-order valence-corrected chi connectivity index (χ2v) is 6.25. The number of likely N-dealkylation sites (tertiary alicyclic amines) is 1. The number of nitrogens with zero attached hydrogens (tertiary/aromatic N) is 6. The van der Waals surface area contributed by atoms with Crippen LogP contribution in [-0.2, 0) is 13.6 Å². The molecule has 2 aromatic heterocycles. The van der Waals surface area contributed by atoms with E-state index in [1.165, 1.54) is 0 Å². The van der Waals surface area contributed by atoms with E-state index in [0.29, 0.717) is 5.69 Å². The highest BCUT2D eigenvalue weighted by molar-refractivity contribution is 5.92. The van der Waals surface area contributed by atoms with Gasteiger partial charge in [-0.1, -0.05) is 0 Å². The van der Waals surface area contributed by atoms with Gasteiger partial charge in [-0.05, 0) is 26.9 Å². The molecule has 23 heavy (non-hydrogen) atoms. The van der Waals surface area contributed by atoms with Crippen LogP contribution >= 0.6 is 0 Å². The minimum Gasteiger partial charge on any atom is -0.340 e. The molecule has 1 unspecified atom stereocenters. The molecule has 122 valence electrons. The van der Waals surface area contributed by atoms with Crippen molar-refractivity contribution in [3.63, 3.8) is 0 Å². The lowest BCUT2D eigenvalue weighted by Gasteiger charge is -2.23. The van der Waals surface area contributed by atoms with Gasteiger partial charge in [0.1, 0.15) is 5.69 Å². The lowest BCUT2D eigenvalue weighted by atomic mass is 10.1. The van der Waals surface area contributed by atoms with Gasteiger partial charge in [0, 0.05) is 32.5 Å². The highest BCUT2D eigenvalue weighted by Crippen LogP contribution is 2.31. The van der Waals surface area contributed by atoms with Crippen molar-refractivity contribution in [3.8, 4) is 0 Å². The van der Waals surface area contributed by atoms with E-state index in [9.17, 15) is 4.79 Å². The van der Waals surface area contributed by atoms with Gasteiger partial charge < -0.3 is 14.4 Å². The van der Waals surface area contributed by atoms with E-state index in [2.05, 4.69) is 14.9 Å². The maximum absolute atomic E-state index is 12.7. The van der Waals surface area contributed by atoms with E-state index in [1.807, 2.05) is 26.0 Å². The highest BCUT2D eigenvalue weighted by atomic mass is 16.2. The Balaban J connectivity index is 1.82. The summed E-state index contributed by atoms with van der Waals surface area (Å²) in [5, 5.41) is 0. The molecule has 0 spiro atoms. The molecule has 2 aromatic rings. The summed E-state index contributed by atoms with van der Waals surface area (Å²) in [6, 6.07) is -0.0147. The third-order valence-electron chi connectivity index (χ3n) is 3.96. The number of aryl methyl sites for hydroxylation is 1. The van der Waals surface area contributed by atoms with Crippen LogP contribution in [0.15, 0.2) is 24.9 Å². The standard InChI is InChI=1S/C16H22N6O/c1-20(2)9-12-7-17-8-13(19-12)15-5-4-6-22(15)16(23)14-10-21(3)11-18-14/h7-8,10-11,15H,4-6,9H2,1-3H3. The fourth-order valence-electron chi connectivity index (χ4n) is 2.97. The van der Waals surface area contributed by atoms with Crippen molar-refractivity contribution in [2.75, 3.05) is 20.6 Å². The molecular weight excluding hydrogens is 292 g/mol. The molecule has 7 heteroatoms. The van der Waals surface area contributed by atoms with Crippen molar-refractivity contribution < 1.29 is 4.79 Å². The number of aromatic nitrogens is 4. The first kappa shape index (κ1) is 15.6. The van der Waals surface area contributed by atoms with Gasteiger partial charge in [-0.3, -0.25) is 14.8 Å². The van der Waals surface area contributed by atoms with E-state index in [-0.39, 0.29) is 11.9 Å². The average molecular weight is 314 g/mol. The molecule has 1 fully saturated rings. The molecule has 0 aromatic carbocycles. The average Bonchev–Trinajstić information content (AvgIpc) is 3.15. The Morgan fingerprint density at radius 2 is 2.22 bits per heavy atom. The molecule has 0 N–H and O–H groups in total. The van der Waals surface area contributed by atoms with Crippen LogP contribution in [0.25, 0.3) is 0 Å². The SMILES string of the molecule is CN(C)Cc1cncc(C2CCCN2C(=O)c2cn(C)cn2)n1. The first-order chi connectivity index (χ1) is 11.0. The van der Waals surface area contributed by atoms with Crippen LogP contribution < -0.4 is 0 Å². The Morgan fingerprint density at radius 3 is 2.91 bits per heavy atom. The minimum atomic E-state index is -0.0343. The monoisotopic (exact) mass is 314 g/mol. The third-order valence-corrected chi connectivity index (χ3v) is 3.96. The Morgan fingerprint density at radius 1 is 1.39 bits per heavy atom. The second kappa shape index (κ2) is 6.45. The zero-order chi connectivity index (χ0) is 16.4. The number of carbonyl (C=O) groups excluding carboxylic acids is 1. The minimum absolute atomic E-state index is 0.0147. The molecule has 0 saturated carbocycles. The van der Waals surface area contributed by atoms with Gasteiger partial charge >= 0.3 is 0 Å². The number of carbonyl (C=O) groups is 1. The normalized spacial score (nSPS) is 17.9. The fraction of sp³-hybridized carbons (Fsp3) is 0.500. The number of hydrogen-bond donors (Lipinski definition) is 0. The van der Waals surface area contributed by atoms with Crippen molar-refractivity contribution in [2.45, 2.75) is 25.4 Å². The summed E-state index contributed by atoms with van der Waals surface area (Å²) >= 11 is 0. The van der Waals surface area contributed by atoms with Crippen molar-refractivity contribution in [2.24, 2.45) is 7.05 Å². The van der Waals surface area contributed by atoms with Crippen LogP contribution in [0.2, 0.25) is 0 Å². The van der Waals surface area contributed by atoms with Crippen LogP contribution in [0.4, 0.5) is 0 Å². The number of imidazole rings is 1. The Kier molecular flexibility index (Phi) is 4.38. The van der Waals surface area contributed by atoms with Gasteiger partial charge in [0.15, 0.2) is 0 Å². The number of amides is 1. The van der Waals surface area contributed by atoms with Gasteiger partial charge in [0.25, 0.3) is 5.91 Å². The summed E-state index contributed by atoms with van der Waals surface area (Å²) in [4.78, 5) is 29.8. The van der Waals surface area contributed by atoms with Gasteiger partial charge in [-0.25, -0.2) is 4.98 Å². The first-order valence-electron chi connectivity index (χ1n) is 7.79. The fourth-order valence-corrected chi connectivity index (χ4v) is 2.97. The van der Waals surface area contributed by atoms with Gasteiger partial charge in [0.05, 0.1) is 30.0 Å². The van der Waals surface area contributed by atoms with Crippen LogP contribution in [0.5, 0.6) is 0 Å². The van der Waals surface area contributed by atoms with Gasteiger partial charge in [-0.2, -0.15) is 0 Å². The summed E-state index contributed by atoms with van der Waals surface area (Å²) in [5.74, 6) is -0.0343. The topological polar surface area (TPSA) is 67.2 Å². The van der Waals surface area contributed by atoms with E-state index in [0.717, 1.165) is 37.3 Å². The summed E-state index contributed by atoms with van der Waals surface area (Å²) in [6.45, 7) is 1.47. The maximum Gasteiger partial charge on any atom is 0.274 e. The van der Waals surface area contributed by atoms with Crippen molar-refractivity contribution in [1.29, 1.82) is 0 Å². The van der Waals surface area contributed by atoms with Crippen molar-refractivity contribution in [3.05, 3.63) is 42.0 Å². The molecule has 0 bridgehead atoms. The molecule has 0 aliphatic carbocycles. The van der Waals surface area contributed by atoms with Gasteiger partial charge in [0.2, 0.25) is 0 Å². The van der Waals surface area contributed by atoms with Crippen LogP contribution in [0.1, 0.15) is 40.8 Å². The summed E-state index contributed by atoms with van der Waals surface area (Å²) in [7, 11) is 5.86. The van der Waals surface area contributed by atoms with E-state index >= 15 is 0 Å². The molecule has 3 rings (SSSR count). The Bertz CT molecular complexity index is 695. The maximum atomic E-state index is 12.7. The lowest BCUT2D eigenvalue weighted by Crippen LogP contribution is -2.31. The highest BCUT2D eigenvalue weighted by Gasteiger charge is 2.32.